The van der Waals surface area contributed by atoms with Crippen LogP contribution < -0.4 is 19.9 Å². The largest absolute Gasteiger partial charge is 0.493 e. The van der Waals surface area contributed by atoms with Gasteiger partial charge in [-0.1, -0.05) is 0 Å². The normalized spacial score (nSPS) is 11.2. The molecule has 0 atom stereocenters. The molecule has 1 aromatic heterocycles. The Morgan fingerprint density at radius 2 is 1.48 bits per heavy atom. The highest BCUT2D eigenvalue weighted by Gasteiger charge is 2.36. The summed E-state index contributed by atoms with van der Waals surface area (Å²) in [5, 5.41) is 0. The highest BCUT2D eigenvalue weighted by atomic mass is 19.4. The van der Waals surface area contributed by atoms with Crippen LogP contribution >= 0.6 is 0 Å². The molecule has 2 rings (SSSR count). The van der Waals surface area contributed by atoms with Crippen LogP contribution in [0.3, 0.4) is 0 Å². The molecule has 0 spiro atoms. The number of hydrogen-bond acceptors (Lipinski definition) is 7. The molecular formula is C13H13F3N4O3. The standard InChI is InChI=1S/C13H13F3N4O3/c1-21-7-4-6(5-8(22-2)9(7)23-3)10-18-11(13(14,15)16)20-12(17)19-10/h4-5H,1-3H3,(H2,17,18,19,20). The van der Waals surface area contributed by atoms with Crippen molar-refractivity contribution in [3.8, 4) is 28.6 Å². The molecule has 0 aliphatic heterocycles. The monoisotopic (exact) mass is 330 g/mol. The minimum atomic E-state index is -4.74. The van der Waals surface area contributed by atoms with Crippen molar-refractivity contribution in [3.63, 3.8) is 0 Å². The topological polar surface area (TPSA) is 92.4 Å². The zero-order chi connectivity index (χ0) is 17.2. The SMILES string of the molecule is COc1cc(-c2nc(N)nc(C(F)(F)F)n2)cc(OC)c1OC. The molecule has 124 valence electrons. The molecule has 0 aliphatic carbocycles. The average Bonchev–Trinajstić information content (AvgIpc) is 2.51. The van der Waals surface area contributed by atoms with Gasteiger partial charge in [0.2, 0.25) is 17.5 Å². The lowest BCUT2D eigenvalue weighted by Crippen LogP contribution is -2.14. The van der Waals surface area contributed by atoms with Gasteiger partial charge in [0.05, 0.1) is 21.3 Å². The van der Waals surface area contributed by atoms with Gasteiger partial charge in [-0.05, 0) is 12.1 Å². The lowest BCUT2D eigenvalue weighted by Gasteiger charge is -2.14. The van der Waals surface area contributed by atoms with Crippen LogP contribution in [-0.2, 0) is 6.18 Å². The van der Waals surface area contributed by atoms with Crippen molar-refractivity contribution in [2.75, 3.05) is 27.1 Å². The maximum Gasteiger partial charge on any atom is 0.451 e. The number of anilines is 1. The van der Waals surface area contributed by atoms with E-state index in [1.54, 1.807) is 0 Å². The van der Waals surface area contributed by atoms with Gasteiger partial charge in [0.15, 0.2) is 17.3 Å². The minimum Gasteiger partial charge on any atom is -0.493 e. The molecule has 2 aromatic rings. The molecule has 1 heterocycles. The Balaban J connectivity index is 2.65. The Hall–Kier alpha value is -2.78. The number of benzene rings is 1. The number of rotatable bonds is 4. The van der Waals surface area contributed by atoms with Gasteiger partial charge in [0, 0.05) is 5.56 Å². The van der Waals surface area contributed by atoms with Crippen LogP contribution in [0.2, 0.25) is 0 Å². The van der Waals surface area contributed by atoms with Crippen LogP contribution in [0.4, 0.5) is 19.1 Å². The smallest absolute Gasteiger partial charge is 0.451 e. The van der Waals surface area contributed by atoms with E-state index in [-0.39, 0.29) is 28.6 Å². The Bertz CT molecular complexity index is 697. The van der Waals surface area contributed by atoms with Crippen LogP contribution in [0, 0.1) is 0 Å². The van der Waals surface area contributed by atoms with Crippen molar-refractivity contribution >= 4 is 5.95 Å². The van der Waals surface area contributed by atoms with E-state index in [0.717, 1.165) is 0 Å². The number of nitrogens with two attached hydrogens (primary N) is 1. The maximum absolute atomic E-state index is 12.8. The molecule has 0 amide bonds. The predicted octanol–water partition coefficient (Wildman–Crippen LogP) is 2.17. The van der Waals surface area contributed by atoms with E-state index in [0.29, 0.717) is 0 Å². The Labute approximate surface area is 129 Å². The van der Waals surface area contributed by atoms with Crippen LogP contribution in [0.5, 0.6) is 17.2 Å². The summed E-state index contributed by atoms with van der Waals surface area (Å²) >= 11 is 0. The van der Waals surface area contributed by atoms with Crippen LogP contribution in [0.25, 0.3) is 11.4 Å². The van der Waals surface area contributed by atoms with E-state index in [1.165, 1.54) is 33.5 Å². The molecule has 23 heavy (non-hydrogen) atoms. The van der Waals surface area contributed by atoms with Gasteiger partial charge in [-0.2, -0.15) is 23.1 Å². The minimum absolute atomic E-state index is 0.208. The molecule has 1 aromatic carbocycles. The summed E-state index contributed by atoms with van der Waals surface area (Å²) in [4.78, 5) is 10.2. The molecule has 0 unspecified atom stereocenters. The first-order valence-corrected chi connectivity index (χ1v) is 6.19. The number of halogens is 3. The third kappa shape index (κ3) is 3.35. The second kappa shape index (κ2) is 6.15. The van der Waals surface area contributed by atoms with Crippen LogP contribution in [0.15, 0.2) is 12.1 Å². The Morgan fingerprint density at radius 3 is 1.91 bits per heavy atom. The van der Waals surface area contributed by atoms with Crippen molar-refractivity contribution in [1.29, 1.82) is 0 Å². The van der Waals surface area contributed by atoms with Crippen molar-refractivity contribution in [1.82, 2.24) is 15.0 Å². The number of methoxy groups -OCH3 is 3. The molecular weight excluding hydrogens is 317 g/mol. The Kier molecular flexibility index (Phi) is 4.43. The molecule has 0 radical (unpaired) electrons. The number of nitrogens with zero attached hydrogens (tertiary/aromatic N) is 3. The second-order valence-electron chi connectivity index (χ2n) is 4.25. The first-order chi connectivity index (χ1) is 10.8. The highest BCUT2D eigenvalue weighted by molar-refractivity contribution is 5.67. The van der Waals surface area contributed by atoms with Gasteiger partial charge in [-0.25, -0.2) is 4.98 Å². The first kappa shape index (κ1) is 16.6. The van der Waals surface area contributed by atoms with E-state index in [1.807, 2.05) is 0 Å². The van der Waals surface area contributed by atoms with Gasteiger partial charge in [0.25, 0.3) is 0 Å². The molecule has 0 fully saturated rings. The summed E-state index contributed by atoms with van der Waals surface area (Å²) in [5.74, 6) is -1.41. The van der Waals surface area contributed by atoms with E-state index < -0.39 is 17.9 Å². The number of aromatic nitrogens is 3. The quantitative estimate of drug-likeness (QED) is 0.918. The summed E-state index contributed by atoms with van der Waals surface area (Å²) in [7, 11) is 4.16. The fourth-order valence-electron chi connectivity index (χ4n) is 1.86. The number of nitrogen functional groups attached to an aromatic ring is 1. The molecule has 0 aliphatic rings. The lowest BCUT2D eigenvalue weighted by molar-refractivity contribution is -0.144. The molecule has 0 saturated heterocycles. The fraction of sp³-hybridized carbons (Fsp3) is 0.308. The van der Waals surface area contributed by atoms with Crippen LogP contribution in [0.1, 0.15) is 5.82 Å². The van der Waals surface area contributed by atoms with E-state index >= 15 is 0 Å². The van der Waals surface area contributed by atoms with Crippen molar-refractivity contribution in [3.05, 3.63) is 18.0 Å². The van der Waals surface area contributed by atoms with Gasteiger partial charge < -0.3 is 19.9 Å². The molecule has 0 bridgehead atoms. The molecule has 2 N–H and O–H groups in total. The van der Waals surface area contributed by atoms with E-state index in [2.05, 4.69) is 15.0 Å². The summed E-state index contributed by atoms with van der Waals surface area (Å²) in [6.07, 6.45) is -4.74. The lowest BCUT2D eigenvalue weighted by atomic mass is 10.1. The van der Waals surface area contributed by atoms with Gasteiger partial charge in [-0.15, -0.1) is 0 Å². The molecule has 0 saturated carbocycles. The van der Waals surface area contributed by atoms with Crippen molar-refractivity contribution < 1.29 is 27.4 Å². The van der Waals surface area contributed by atoms with Gasteiger partial charge in [-0.3, -0.25) is 0 Å². The first-order valence-electron chi connectivity index (χ1n) is 6.19. The number of alkyl halides is 3. The average molecular weight is 330 g/mol. The highest BCUT2D eigenvalue weighted by Crippen LogP contribution is 2.40. The summed E-state index contributed by atoms with van der Waals surface area (Å²) < 4.78 is 53.8. The maximum atomic E-state index is 12.8. The molecule has 10 heteroatoms. The second-order valence-corrected chi connectivity index (χ2v) is 4.25. The summed E-state index contributed by atoms with van der Waals surface area (Å²) in [6, 6.07) is 2.83. The number of ether oxygens (including phenoxy) is 3. The fourth-order valence-corrected chi connectivity index (χ4v) is 1.86. The zero-order valence-electron chi connectivity index (χ0n) is 12.4. The summed E-state index contributed by atoms with van der Waals surface area (Å²) in [5.41, 5.74) is 5.55. The molecule has 7 nitrogen and oxygen atoms in total. The van der Waals surface area contributed by atoms with E-state index in [4.69, 9.17) is 19.9 Å². The van der Waals surface area contributed by atoms with Crippen molar-refractivity contribution in [2.45, 2.75) is 6.18 Å². The van der Waals surface area contributed by atoms with Gasteiger partial charge >= 0.3 is 6.18 Å². The van der Waals surface area contributed by atoms with Crippen molar-refractivity contribution in [2.24, 2.45) is 0 Å². The van der Waals surface area contributed by atoms with Gasteiger partial charge in [0.1, 0.15) is 0 Å². The third-order valence-electron chi connectivity index (χ3n) is 2.83. The number of hydrogen-bond donors (Lipinski definition) is 1. The van der Waals surface area contributed by atoms with Crippen LogP contribution in [-0.4, -0.2) is 36.3 Å². The summed E-state index contributed by atoms with van der Waals surface area (Å²) in [6.45, 7) is 0. The zero-order valence-corrected chi connectivity index (χ0v) is 12.4. The Morgan fingerprint density at radius 1 is 0.913 bits per heavy atom. The predicted molar refractivity (Wildman–Crippen MR) is 74.3 cm³/mol. The van der Waals surface area contributed by atoms with E-state index in [9.17, 15) is 13.2 Å². The third-order valence-corrected chi connectivity index (χ3v) is 2.83.